The van der Waals surface area contributed by atoms with Crippen LogP contribution in [0.25, 0.3) is 0 Å². The molecule has 0 amide bonds. The molecule has 1 N–H and O–H groups in total. The maximum absolute atomic E-state index is 12.8. The summed E-state index contributed by atoms with van der Waals surface area (Å²) < 4.78 is 33.1. The van der Waals surface area contributed by atoms with E-state index in [0.29, 0.717) is 40.5 Å². The Bertz CT molecular complexity index is 977. The summed E-state index contributed by atoms with van der Waals surface area (Å²) in [6.45, 7) is 3.31. The van der Waals surface area contributed by atoms with Gasteiger partial charge in [-0.1, -0.05) is 6.92 Å². The van der Waals surface area contributed by atoms with Gasteiger partial charge in [-0.05, 0) is 77.2 Å². The van der Waals surface area contributed by atoms with Gasteiger partial charge in [-0.2, -0.15) is 4.31 Å². The van der Waals surface area contributed by atoms with E-state index in [2.05, 4.69) is 28.2 Å². The number of sulfonamides is 1. The van der Waals surface area contributed by atoms with E-state index in [9.17, 15) is 13.2 Å². The van der Waals surface area contributed by atoms with Crippen molar-refractivity contribution in [3.8, 4) is 5.75 Å². The van der Waals surface area contributed by atoms with E-state index in [1.165, 1.54) is 0 Å². The van der Waals surface area contributed by atoms with Crippen LogP contribution in [-0.4, -0.2) is 45.3 Å². The monoisotopic (exact) mass is 480 g/mol. The van der Waals surface area contributed by atoms with Crippen molar-refractivity contribution in [1.29, 1.82) is 0 Å². The van der Waals surface area contributed by atoms with Gasteiger partial charge < -0.3 is 10.1 Å². The maximum atomic E-state index is 12.8. The van der Waals surface area contributed by atoms with E-state index < -0.39 is 10.0 Å². The Kier molecular flexibility index (Phi) is 6.97. The fraction of sp³-hybridized carbons (Fsp3) is 0.381. The Hall–Kier alpha value is -1.90. The van der Waals surface area contributed by atoms with E-state index in [1.807, 2.05) is 0 Å². The zero-order valence-electron chi connectivity index (χ0n) is 16.5. The third-order valence-corrected chi connectivity index (χ3v) is 7.54. The number of carbonyl (C=O) groups is 1. The van der Waals surface area contributed by atoms with Crippen LogP contribution in [0.3, 0.4) is 0 Å². The Morgan fingerprint density at radius 3 is 2.59 bits per heavy atom. The summed E-state index contributed by atoms with van der Waals surface area (Å²) in [7, 11) is -1.91. The number of rotatable bonds is 7. The van der Waals surface area contributed by atoms with Crippen molar-refractivity contribution in [3.05, 3.63) is 52.5 Å². The third kappa shape index (κ3) is 5.18. The molecular weight excluding hydrogens is 456 g/mol. The molecule has 1 aliphatic heterocycles. The minimum Gasteiger partial charge on any atom is -0.496 e. The predicted molar refractivity (Wildman–Crippen MR) is 117 cm³/mol. The Morgan fingerprint density at radius 1 is 1.24 bits per heavy atom. The third-order valence-electron chi connectivity index (χ3n) is 5.04. The van der Waals surface area contributed by atoms with Gasteiger partial charge in [-0.25, -0.2) is 8.42 Å². The first-order chi connectivity index (χ1) is 13.8. The van der Waals surface area contributed by atoms with Gasteiger partial charge in [0.25, 0.3) is 0 Å². The van der Waals surface area contributed by atoms with Gasteiger partial charge in [0.15, 0.2) is 5.78 Å². The van der Waals surface area contributed by atoms with Gasteiger partial charge in [0.05, 0.1) is 23.0 Å². The topological polar surface area (TPSA) is 75.7 Å². The molecule has 0 saturated carbocycles. The maximum Gasteiger partial charge on any atom is 0.243 e. The standard InChI is InChI=1S/C21H25BrN2O4S/c1-15-4-3-11-24(14-15)29(26,27)18-8-6-17(7-9-18)23-13-20(25)16-5-10-21(28-2)19(22)12-16/h5-10,12,15,23H,3-4,11,13-14H2,1-2H3. The summed E-state index contributed by atoms with van der Waals surface area (Å²) in [5.41, 5.74) is 1.25. The molecule has 6 nitrogen and oxygen atoms in total. The first-order valence-corrected chi connectivity index (χ1v) is 11.8. The normalized spacial score (nSPS) is 17.7. The second-order valence-corrected chi connectivity index (χ2v) is 10.1. The Morgan fingerprint density at radius 2 is 1.97 bits per heavy atom. The number of anilines is 1. The van der Waals surface area contributed by atoms with Crippen molar-refractivity contribution in [2.75, 3.05) is 32.1 Å². The van der Waals surface area contributed by atoms with Gasteiger partial charge in [-0.3, -0.25) is 4.79 Å². The van der Waals surface area contributed by atoms with Crippen LogP contribution in [-0.2, 0) is 10.0 Å². The van der Waals surface area contributed by atoms with Crippen LogP contribution in [0.15, 0.2) is 51.8 Å². The molecule has 3 rings (SSSR count). The quantitative estimate of drug-likeness (QED) is 0.601. The molecule has 2 aromatic carbocycles. The molecule has 1 fully saturated rings. The van der Waals surface area contributed by atoms with E-state index in [-0.39, 0.29) is 17.2 Å². The average molecular weight is 481 g/mol. The van der Waals surface area contributed by atoms with Crippen LogP contribution in [0.1, 0.15) is 30.1 Å². The molecule has 1 saturated heterocycles. The average Bonchev–Trinajstić information content (AvgIpc) is 2.72. The Labute approximate surface area is 180 Å². The highest BCUT2D eigenvalue weighted by atomic mass is 79.9. The van der Waals surface area contributed by atoms with Gasteiger partial charge in [0.2, 0.25) is 10.0 Å². The van der Waals surface area contributed by atoms with Crippen LogP contribution in [0.2, 0.25) is 0 Å². The van der Waals surface area contributed by atoms with Crippen molar-refractivity contribution in [2.24, 2.45) is 5.92 Å². The highest BCUT2D eigenvalue weighted by molar-refractivity contribution is 9.10. The summed E-state index contributed by atoms with van der Waals surface area (Å²) in [6.07, 6.45) is 1.96. The highest BCUT2D eigenvalue weighted by Crippen LogP contribution is 2.26. The zero-order valence-corrected chi connectivity index (χ0v) is 18.9. The van der Waals surface area contributed by atoms with Crippen LogP contribution < -0.4 is 10.1 Å². The fourth-order valence-electron chi connectivity index (χ4n) is 3.38. The van der Waals surface area contributed by atoms with Gasteiger partial charge in [0.1, 0.15) is 5.75 Å². The molecule has 1 unspecified atom stereocenters. The SMILES string of the molecule is COc1ccc(C(=O)CNc2ccc(S(=O)(=O)N3CCCC(C)C3)cc2)cc1Br. The lowest BCUT2D eigenvalue weighted by Gasteiger charge is -2.30. The van der Waals surface area contributed by atoms with Crippen molar-refractivity contribution < 1.29 is 17.9 Å². The molecule has 0 bridgehead atoms. The molecule has 1 heterocycles. The number of nitrogens with one attached hydrogen (secondary N) is 1. The molecule has 2 aromatic rings. The number of carbonyl (C=O) groups excluding carboxylic acids is 1. The lowest BCUT2D eigenvalue weighted by atomic mass is 10.0. The van der Waals surface area contributed by atoms with E-state index in [4.69, 9.17) is 4.74 Å². The lowest BCUT2D eigenvalue weighted by Crippen LogP contribution is -2.39. The minimum atomic E-state index is -3.48. The lowest BCUT2D eigenvalue weighted by molar-refractivity contribution is 0.101. The van der Waals surface area contributed by atoms with E-state index in [0.717, 1.165) is 12.8 Å². The van der Waals surface area contributed by atoms with Crippen LogP contribution in [0, 0.1) is 5.92 Å². The summed E-state index contributed by atoms with van der Waals surface area (Å²) in [4.78, 5) is 12.7. The predicted octanol–water partition coefficient (Wildman–Crippen LogP) is 4.17. The number of ketones is 1. The molecule has 8 heteroatoms. The van der Waals surface area contributed by atoms with Crippen molar-refractivity contribution in [1.82, 2.24) is 4.31 Å². The first-order valence-electron chi connectivity index (χ1n) is 9.52. The second-order valence-electron chi connectivity index (χ2n) is 7.26. The molecule has 0 radical (unpaired) electrons. The molecule has 0 aliphatic carbocycles. The highest BCUT2D eigenvalue weighted by Gasteiger charge is 2.28. The number of hydrogen-bond acceptors (Lipinski definition) is 5. The summed E-state index contributed by atoms with van der Waals surface area (Å²) in [5, 5.41) is 3.05. The number of piperidine rings is 1. The number of halogens is 1. The molecular formula is C21H25BrN2O4S. The van der Waals surface area contributed by atoms with Crippen LogP contribution in [0.5, 0.6) is 5.75 Å². The van der Waals surface area contributed by atoms with Crippen molar-refractivity contribution in [3.63, 3.8) is 0 Å². The molecule has 0 aromatic heterocycles. The van der Waals surface area contributed by atoms with Gasteiger partial charge in [-0.15, -0.1) is 0 Å². The smallest absolute Gasteiger partial charge is 0.243 e. The first kappa shape index (κ1) is 21.8. The van der Waals surface area contributed by atoms with Gasteiger partial charge >= 0.3 is 0 Å². The molecule has 1 atom stereocenters. The van der Waals surface area contributed by atoms with Crippen molar-refractivity contribution >= 4 is 37.4 Å². The van der Waals surface area contributed by atoms with Crippen molar-refractivity contribution in [2.45, 2.75) is 24.7 Å². The zero-order chi connectivity index (χ0) is 21.0. The second kappa shape index (κ2) is 9.28. The number of ether oxygens (including phenoxy) is 1. The number of benzene rings is 2. The minimum absolute atomic E-state index is 0.0765. The van der Waals surface area contributed by atoms with Gasteiger partial charge in [0, 0.05) is 24.3 Å². The Balaban J connectivity index is 1.63. The fourth-order valence-corrected chi connectivity index (χ4v) is 5.52. The van der Waals surface area contributed by atoms with Crippen LogP contribution >= 0.6 is 15.9 Å². The molecule has 1 aliphatic rings. The number of hydrogen-bond donors (Lipinski definition) is 1. The summed E-state index contributed by atoms with van der Waals surface area (Å²) in [5.74, 6) is 0.963. The number of Topliss-reactive ketones (excluding diaryl/α,β-unsaturated/α-hetero) is 1. The summed E-state index contributed by atoms with van der Waals surface area (Å²) >= 11 is 3.38. The van der Waals surface area contributed by atoms with E-state index in [1.54, 1.807) is 53.9 Å². The van der Waals surface area contributed by atoms with Crippen LogP contribution in [0.4, 0.5) is 5.69 Å². The molecule has 0 spiro atoms. The number of methoxy groups -OCH3 is 1. The largest absolute Gasteiger partial charge is 0.496 e. The van der Waals surface area contributed by atoms with E-state index >= 15 is 0 Å². The summed E-state index contributed by atoms with van der Waals surface area (Å²) in [6, 6.07) is 11.7. The number of nitrogens with zero attached hydrogens (tertiary/aromatic N) is 1. The molecule has 29 heavy (non-hydrogen) atoms. The molecule has 156 valence electrons.